The van der Waals surface area contributed by atoms with Gasteiger partial charge in [0.25, 0.3) is 5.56 Å². The quantitative estimate of drug-likeness (QED) is 0.263. The fraction of sp³-hybridized carbons (Fsp3) is 0.458. The van der Waals surface area contributed by atoms with Gasteiger partial charge >= 0.3 is 6.18 Å². The van der Waals surface area contributed by atoms with Crippen molar-refractivity contribution in [1.29, 1.82) is 0 Å². The van der Waals surface area contributed by atoms with Crippen molar-refractivity contribution in [2.45, 2.75) is 49.5 Å². The molecule has 3 aromatic rings. The van der Waals surface area contributed by atoms with E-state index in [2.05, 4.69) is 9.97 Å². The molecule has 0 saturated carbocycles. The van der Waals surface area contributed by atoms with Crippen LogP contribution in [0.4, 0.5) is 13.2 Å². The molecule has 4 rings (SSSR count). The highest BCUT2D eigenvalue weighted by atomic mass is 32.2. The molecule has 8 nitrogen and oxygen atoms in total. The third-order valence-electron chi connectivity index (χ3n) is 6.01. The number of rotatable bonds is 8. The van der Waals surface area contributed by atoms with Gasteiger partial charge in [0, 0.05) is 31.5 Å². The Morgan fingerprint density at radius 1 is 1.22 bits per heavy atom. The molecule has 1 aliphatic rings. The molecule has 2 N–H and O–H groups in total. The molecule has 0 atom stereocenters. The summed E-state index contributed by atoms with van der Waals surface area (Å²) >= 11 is 1.33. The Hall–Kier alpha value is -2.99. The van der Waals surface area contributed by atoms with Crippen LogP contribution in [0, 0.1) is 0 Å². The van der Waals surface area contributed by atoms with Crippen LogP contribution in [0.25, 0.3) is 16.7 Å². The van der Waals surface area contributed by atoms with Crippen LogP contribution in [0.5, 0.6) is 5.75 Å². The third kappa shape index (κ3) is 6.41. The lowest BCUT2D eigenvalue weighted by molar-refractivity contribution is -0.153. The lowest BCUT2D eigenvalue weighted by Crippen LogP contribution is -2.45. The van der Waals surface area contributed by atoms with E-state index in [-0.39, 0.29) is 17.2 Å². The van der Waals surface area contributed by atoms with Gasteiger partial charge in [0.05, 0.1) is 16.8 Å². The summed E-state index contributed by atoms with van der Waals surface area (Å²) in [7, 11) is 0. The summed E-state index contributed by atoms with van der Waals surface area (Å²) in [5, 5.41) is 10.5. The van der Waals surface area contributed by atoms with Gasteiger partial charge < -0.3 is 19.7 Å². The molecule has 0 radical (unpaired) electrons. The van der Waals surface area contributed by atoms with Gasteiger partial charge in [-0.1, -0.05) is 11.8 Å². The van der Waals surface area contributed by atoms with Gasteiger partial charge in [-0.25, -0.2) is 4.98 Å². The molecule has 36 heavy (non-hydrogen) atoms. The number of piperidine rings is 1. The van der Waals surface area contributed by atoms with Crippen LogP contribution in [0.15, 0.2) is 46.5 Å². The number of likely N-dealkylation sites (tertiary alicyclic amines) is 1. The number of carbonyl (C=O) groups excluding carboxylic acids is 1. The number of hydrogen-bond donors (Lipinski definition) is 2. The lowest BCUT2D eigenvalue weighted by Gasteiger charge is -2.35. The topological polar surface area (TPSA) is 100 Å². The Morgan fingerprint density at radius 2 is 1.92 bits per heavy atom. The Morgan fingerprint density at radius 3 is 2.58 bits per heavy atom. The molecule has 0 bridgehead atoms. The van der Waals surface area contributed by atoms with E-state index in [4.69, 9.17) is 4.74 Å². The van der Waals surface area contributed by atoms with E-state index in [0.717, 1.165) is 0 Å². The van der Waals surface area contributed by atoms with Crippen LogP contribution in [0.3, 0.4) is 0 Å². The van der Waals surface area contributed by atoms with E-state index < -0.39 is 18.4 Å². The number of aromatic nitrogens is 3. The maximum atomic E-state index is 13.2. The van der Waals surface area contributed by atoms with E-state index in [1.165, 1.54) is 40.6 Å². The van der Waals surface area contributed by atoms with Gasteiger partial charge in [0.15, 0.2) is 11.8 Å². The molecule has 12 heteroatoms. The summed E-state index contributed by atoms with van der Waals surface area (Å²) in [5.41, 5.74) is 0.185. The van der Waals surface area contributed by atoms with E-state index >= 15 is 0 Å². The van der Waals surface area contributed by atoms with Crippen molar-refractivity contribution in [2.75, 3.05) is 25.4 Å². The van der Waals surface area contributed by atoms with Crippen LogP contribution >= 0.6 is 11.8 Å². The van der Waals surface area contributed by atoms with Crippen LogP contribution in [0.1, 0.15) is 32.6 Å². The highest BCUT2D eigenvalue weighted by Gasteiger charge is 2.29. The number of nitrogens with one attached hydrogen (secondary N) is 1. The van der Waals surface area contributed by atoms with Crippen molar-refractivity contribution in [2.24, 2.45) is 0 Å². The lowest BCUT2D eigenvalue weighted by atomic mass is 9.94. The van der Waals surface area contributed by atoms with Gasteiger partial charge in [-0.15, -0.1) is 0 Å². The fourth-order valence-electron chi connectivity index (χ4n) is 3.94. The van der Waals surface area contributed by atoms with Gasteiger partial charge in [0.1, 0.15) is 11.3 Å². The average Bonchev–Trinajstić information content (AvgIpc) is 3.29. The second kappa shape index (κ2) is 10.6. The standard InChI is InChI=1S/C24H27F3N4O4S/c1-23(34)9-12-30(13-10-23)19(32)3-2-14-36-22-29-18-8-11-28-20(18)21(33)31(22)16-4-6-17(7-5-16)35-15-24(25,26)27/h4-8,11,28,34H,2-3,9-10,12-15H2,1H3. The number of halogens is 3. The zero-order valence-electron chi connectivity index (χ0n) is 19.7. The van der Waals surface area contributed by atoms with Gasteiger partial charge in [-0.3, -0.25) is 14.2 Å². The molecule has 0 aliphatic carbocycles. The zero-order valence-corrected chi connectivity index (χ0v) is 20.5. The summed E-state index contributed by atoms with van der Waals surface area (Å²) in [6.07, 6.45) is -0.809. The van der Waals surface area contributed by atoms with Gasteiger partial charge in [0.2, 0.25) is 5.91 Å². The number of carbonyl (C=O) groups is 1. The Balaban J connectivity index is 1.44. The van der Waals surface area contributed by atoms with Crippen molar-refractivity contribution in [1.82, 2.24) is 19.4 Å². The maximum Gasteiger partial charge on any atom is 0.422 e. The van der Waals surface area contributed by atoms with Gasteiger partial charge in [-0.05, 0) is 56.5 Å². The number of amides is 1. The molecule has 1 fully saturated rings. The highest BCUT2D eigenvalue weighted by molar-refractivity contribution is 7.99. The number of benzene rings is 1. The Kier molecular flexibility index (Phi) is 7.65. The molecule has 2 aromatic heterocycles. The average molecular weight is 525 g/mol. The van der Waals surface area contributed by atoms with Crippen LogP contribution in [0.2, 0.25) is 0 Å². The molecule has 1 aliphatic heterocycles. The first-order valence-corrected chi connectivity index (χ1v) is 12.5. The summed E-state index contributed by atoms with van der Waals surface area (Å²) in [5.74, 6) is 0.601. The van der Waals surface area contributed by atoms with E-state index in [9.17, 15) is 27.9 Å². The Bertz CT molecular complexity index is 1260. The molecular formula is C24H27F3N4O4S. The van der Waals surface area contributed by atoms with E-state index in [0.29, 0.717) is 66.4 Å². The number of ether oxygens (including phenoxy) is 1. The highest BCUT2D eigenvalue weighted by Crippen LogP contribution is 2.25. The smallest absolute Gasteiger partial charge is 0.422 e. The molecule has 194 valence electrons. The van der Waals surface area contributed by atoms with Crippen molar-refractivity contribution in [3.63, 3.8) is 0 Å². The van der Waals surface area contributed by atoms with Crippen molar-refractivity contribution >= 4 is 28.7 Å². The molecule has 1 saturated heterocycles. The number of alkyl halides is 3. The van der Waals surface area contributed by atoms with Crippen LogP contribution in [-0.4, -0.2) is 67.7 Å². The number of nitrogens with zero attached hydrogens (tertiary/aromatic N) is 3. The summed E-state index contributed by atoms with van der Waals surface area (Å²) in [6.45, 7) is 1.45. The second-order valence-corrected chi connectivity index (χ2v) is 10.1. The summed E-state index contributed by atoms with van der Waals surface area (Å²) in [6, 6.07) is 7.43. The first-order chi connectivity index (χ1) is 17.0. The summed E-state index contributed by atoms with van der Waals surface area (Å²) < 4.78 is 43.4. The minimum Gasteiger partial charge on any atom is -0.484 e. The monoisotopic (exact) mass is 524 g/mol. The molecule has 1 aromatic carbocycles. The molecular weight excluding hydrogens is 497 g/mol. The van der Waals surface area contributed by atoms with E-state index in [1.54, 1.807) is 24.1 Å². The van der Waals surface area contributed by atoms with Crippen molar-refractivity contribution in [3.05, 3.63) is 46.9 Å². The SMILES string of the molecule is CC1(O)CCN(C(=O)CCCSc2nc3cc[nH]c3c(=O)n2-c2ccc(OCC(F)(F)F)cc2)CC1. The maximum absolute atomic E-state index is 13.2. The first-order valence-electron chi connectivity index (χ1n) is 11.6. The summed E-state index contributed by atoms with van der Waals surface area (Å²) in [4.78, 5) is 34.9. The zero-order chi connectivity index (χ0) is 25.9. The number of aromatic amines is 1. The third-order valence-corrected chi connectivity index (χ3v) is 7.03. The van der Waals surface area contributed by atoms with Crippen molar-refractivity contribution in [3.8, 4) is 11.4 Å². The molecule has 3 heterocycles. The molecule has 1 amide bonds. The van der Waals surface area contributed by atoms with Crippen molar-refractivity contribution < 1.29 is 27.8 Å². The predicted octanol–water partition coefficient (Wildman–Crippen LogP) is 3.90. The number of fused-ring (bicyclic) bond motifs is 1. The number of thioether (sulfide) groups is 1. The number of hydrogen-bond acceptors (Lipinski definition) is 6. The van der Waals surface area contributed by atoms with Crippen LogP contribution in [-0.2, 0) is 4.79 Å². The van der Waals surface area contributed by atoms with Crippen LogP contribution < -0.4 is 10.3 Å². The normalized spacial score (nSPS) is 15.9. The number of H-pyrrole nitrogens is 1. The van der Waals surface area contributed by atoms with Gasteiger partial charge in [-0.2, -0.15) is 13.2 Å². The number of aliphatic hydroxyl groups is 1. The first kappa shape index (κ1) is 26.1. The minimum atomic E-state index is -4.45. The largest absolute Gasteiger partial charge is 0.484 e. The Labute approximate surface area is 209 Å². The predicted molar refractivity (Wildman–Crippen MR) is 130 cm³/mol. The minimum absolute atomic E-state index is 0.0324. The second-order valence-electron chi connectivity index (χ2n) is 9.00. The fourth-order valence-corrected chi connectivity index (χ4v) is 4.89. The molecule has 0 unspecified atom stereocenters. The van der Waals surface area contributed by atoms with E-state index in [1.807, 2.05) is 0 Å². The molecule has 0 spiro atoms.